The monoisotopic (exact) mass is 296 g/mol. The standard InChI is InChI=1S/C15H28N4O2/c1-6-12(7-2)14(20)8-16-15(21)17-10(3)13-9-19(5)18-11(13)4/h9-10,12,14,20H,6-8H2,1-5H3,(H2,16,17,21). The normalized spacial score (nSPS) is 14.0. The van der Waals surface area contributed by atoms with Crippen molar-refractivity contribution in [1.82, 2.24) is 20.4 Å². The van der Waals surface area contributed by atoms with Gasteiger partial charge in [-0.15, -0.1) is 0 Å². The Hall–Kier alpha value is -1.56. The molecule has 2 amide bonds. The van der Waals surface area contributed by atoms with Crippen LogP contribution in [0.3, 0.4) is 0 Å². The van der Waals surface area contributed by atoms with Crippen molar-refractivity contribution in [3.8, 4) is 0 Å². The van der Waals surface area contributed by atoms with E-state index in [9.17, 15) is 9.90 Å². The predicted molar refractivity (Wildman–Crippen MR) is 83.0 cm³/mol. The number of aryl methyl sites for hydroxylation is 2. The van der Waals surface area contributed by atoms with Crippen LogP contribution in [0.1, 0.15) is 50.9 Å². The van der Waals surface area contributed by atoms with E-state index >= 15 is 0 Å². The van der Waals surface area contributed by atoms with Gasteiger partial charge in [0.1, 0.15) is 0 Å². The van der Waals surface area contributed by atoms with E-state index in [1.807, 2.05) is 40.9 Å². The first-order chi connectivity index (χ1) is 9.88. The van der Waals surface area contributed by atoms with Gasteiger partial charge in [0.25, 0.3) is 0 Å². The van der Waals surface area contributed by atoms with Crippen molar-refractivity contribution in [2.24, 2.45) is 13.0 Å². The number of hydrogen-bond acceptors (Lipinski definition) is 3. The van der Waals surface area contributed by atoms with Crippen molar-refractivity contribution in [2.75, 3.05) is 6.54 Å². The molecule has 3 N–H and O–H groups in total. The first-order valence-electron chi connectivity index (χ1n) is 7.61. The van der Waals surface area contributed by atoms with Crippen LogP contribution < -0.4 is 10.6 Å². The Morgan fingerprint density at radius 3 is 2.52 bits per heavy atom. The summed E-state index contributed by atoms with van der Waals surface area (Å²) in [6.07, 6.45) is 3.22. The Labute approximate surface area is 126 Å². The summed E-state index contributed by atoms with van der Waals surface area (Å²) in [5.74, 6) is 0.225. The van der Waals surface area contributed by atoms with Gasteiger partial charge in [-0.05, 0) is 19.8 Å². The summed E-state index contributed by atoms with van der Waals surface area (Å²) in [6.45, 7) is 8.20. The van der Waals surface area contributed by atoms with Gasteiger partial charge in [-0.2, -0.15) is 5.10 Å². The molecule has 0 aliphatic rings. The zero-order chi connectivity index (χ0) is 16.0. The van der Waals surface area contributed by atoms with E-state index in [-0.39, 0.29) is 24.5 Å². The lowest BCUT2D eigenvalue weighted by atomic mass is 9.97. The molecular formula is C15H28N4O2. The fourth-order valence-electron chi connectivity index (χ4n) is 2.57. The smallest absolute Gasteiger partial charge is 0.315 e. The van der Waals surface area contributed by atoms with Crippen LogP contribution >= 0.6 is 0 Å². The highest BCUT2D eigenvalue weighted by molar-refractivity contribution is 5.74. The lowest BCUT2D eigenvalue weighted by molar-refractivity contribution is 0.103. The molecule has 1 aromatic heterocycles. The molecule has 1 heterocycles. The quantitative estimate of drug-likeness (QED) is 0.719. The van der Waals surface area contributed by atoms with Crippen molar-refractivity contribution in [3.63, 3.8) is 0 Å². The number of hydrogen-bond donors (Lipinski definition) is 3. The molecule has 21 heavy (non-hydrogen) atoms. The molecular weight excluding hydrogens is 268 g/mol. The minimum absolute atomic E-state index is 0.121. The zero-order valence-electron chi connectivity index (χ0n) is 13.7. The number of aliphatic hydroxyl groups is 1. The van der Waals surface area contributed by atoms with Crippen LogP contribution in [0.15, 0.2) is 6.20 Å². The summed E-state index contributed by atoms with van der Waals surface area (Å²) in [4.78, 5) is 11.9. The highest BCUT2D eigenvalue weighted by atomic mass is 16.3. The Morgan fingerprint density at radius 2 is 2.05 bits per heavy atom. The summed E-state index contributed by atoms with van der Waals surface area (Å²) in [5.41, 5.74) is 1.90. The zero-order valence-corrected chi connectivity index (χ0v) is 13.7. The molecule has 0 saturated heterocycles. The van der Waals surface area contributed by atoms with Crippen LogP contribution in [-0.2, 0) is 7.05 Å². The number of aliphatic hydroxyl groups excluding tert-OH is 1. The first-order valence-corrected chi connectivity index (χ1v) is 7.61. The summed E-state index contributed by atoms with van der Waals surface area (Å²) >= 11 is 0. The number of carbonyl (C=O) groups is 1. The highest BCUT2D eigenvalue weighted by Crippen LogP contribution is 2.15. The molecule has 0 aliphatic carbocycles. The molecule has 2 atom stereocenters. The number of nitrogens with zero attached hydrogens (tertiary/aromatic N) is 2. The largest absolute Gasteiger partial charge is 0.391 e. The highest BCUT2D eigenvalue weighted by Gasteiger charge is 2.18. The van der Waals surface area contributed by atoms with Crippen LogP contribution in [-0.4, -0.2) is 33.6 Å². The van der Waals surface area contributed by atoms with Gasteiger partial charge in [-0.1, -0.05) is 26.7 Å². The van der Waals surface area contributed by atoms with Crippen molar-refractivity contribution in [2.45, 2.75) is 52.7 Å². The number of amides is 2. The molecule has 6 heteroatoms. The molecule has 120 valence electrons. The minimum atomic E-state index is -0.499. The maximum atomic E-state index is 11.9. The molecule has 1 aromatic rings. The Morgan fingerprint density at radius 1 is 1.43 bits per heavy atom. The van der Waals surface area contributed by atoms with Crippen LogP contribution in [0.4, 0.5) is 4.79 Å². The second-order valence-corrected chi connectivity index (χ2v) is 5.56. The molecule has 1 rings (SSSR count). The number of carbonyl (C=O) groups excluding carboxylic acids is 1. The fourth-order valence-corrected chi connectivity index (χ4v) is 2.57. The molecule has 0 bridgehead atoms. The maximum absolute atomic E-state index is 11.9. The van der Waals surface area contributed by atoms with Gasteiger partial charge in [-0.3, -0.25) is 4.68 Å². The minimum Gasteiger partial charge on any atom is -0.391 e. The van der Waals surface area contributed by atoms with Gasteiger partial charge >= 0.3 is 6.03 Å². The molecule has 6 nitrogen and oxygen atoms in total. The topological polar surface area (TPSA) is 79.2 Å². The van der Waals surface area contributed by atoms with E-state index in [1.165, 1.54) is 0 Å². The second kappa shape index (κ2) is 8.02. The van der Waals surface area contributed by atoms with Gasteiger partial charge in [0, 0.05) is 25.4 Å². The Bertz CT molecular complexity index is 455. The average molecular weight is 296 g/mol. The van der Waals surface area contributed by atoms with E-state index in [4.69, 9.17) is 0 Å². The van der Waals surface area contributed by atoms with Crippen molar-refractivity contribution in [3.05, 3.63) is 17.5 Å². The van der Waals surface area contributed by atoms with E-state index in [0.717, 1.165) is 24.1 Å². The van der Waals surface area contributed by atoms with Crippen LogP contribution in [0.25, 0.3) is 0 Å². The molecule has 0 saturated carbocycles. The Kier molecular flexibility index (Phi) is 6.68. The molecule has 0 spiro atoms. The summed E-state index contributed by atoms with van der Waals surface area (Å²) in [6, 6.07) is -0.389. The van der Waals surface area contributed by atoms with E-state index in [0.29, 0.717) is 0 Å². The summed E-state index contributed by atoms with van der Waals surface area (Å²) in [5, 5.41) is 19.9. The molecule has 0 fully saturated rings. The van der Waals surface area contributed by atoms with Crippen molar-refractivity contribution >= 4 is 6.03 Å². The summed E-state index contributed by atoms with van der Waals surface area (Å²) in [7, 11) is 1.86. The average Bonchev–Trinajstić information content (AvgIpc) is 2.77. The van der Waals surface area contributed by atoms with Gasteiger partial charge in [0.15, 0.2) is 0 Å². The summed E-state index contributed by atoms with van der Waals surface area (Å²) < 4.78 is 1.73. The van der Waals surface area contributed by atoms with Gasteiger partial charge in [0.2, 0.25) is 0 Å². The lowest BCUT2D eigenvalue weighted by Gasteiger charge is -2.21. The van der Waals surface area contributed by atoms with E-state index < -0.39 is 6.10 Å². The fraction of sp³-hybridized carbons (Fsp3) is 0.733. The van der Waals surface area contributed by atoms with Gasteiger partial charge in [0.05, 0.1) is 17.8 Å². The third kappa shape index (κ3) is 5.04. The van der Waals surface area contributed by atoms with Gasteiger partial charge in [-0.25, -0.2) is 4.79 Å². The van der Waals surface area contributed by atoms with Crippen LogP contribution in [0.2, 0.25) is 0 Å². The molecule has 0 radical (unpaired) electrons. The molecule has 2 unspecified atom stereocenters. The number of nitrogens with one attached hydrogen (secondary N) is 2. The Balaban J connectivity index is 2.45. The SMILES string of the molecule is CCC(CC)C(O)CNC(=O)NC(C)c1cn(C)nc1C. The van der Waals surface area contributed by atoms with Crippen LogP contribution in [0, 0.1) is 12.8 Å². The van der Waals surface area contributed by atoms with Crippen LogP contribution in [0.5, 0.6) is 0 Å². The number of urea groups is 1. The number of aromatic nitrogens is 2. The van der Waals surface area contributed by atoms with E-state index in [2.05, 4.69) is 15.7 Å². The number of rotatable bonds is 7. The first kappa shape index (κ1) is 17.5. The lowest BCUT2D eigenvalue weighted by Crippen LogP contribution is -2.42. The second-order valence-electron chi connectivity index (χ2n) is 5.56. The van der Waals surface area contributed by atoms with Crippen molar-refractivity contribution < 1.29 is 9.90 Å². The van der Waals surface area contributed by atoms with Gasteiger partial charge < -0.3 is 15.7 Å². The molecule has 0 aliphatic heterocycles. The van der Waals surface area contributed by atoms with E-state index in [1.54, 1.807) is 4.68 Å². The predicted octanol–water partition coefficient (Wildman–Crippen LogP) is 1.89. The molecule has 0 aromatic carbocycles. The third-order valence-electron chi connectivity index (χ3n) is 3.93. The van der Waals surface area contributed by atoms with Crippen molar-refractivity contribution in [1.29, 1.82) is 0 Å². The maximum Gasteiger partial charge on any atom is 0.315 e. The third-order valence-corrected chi connectivity index (χ3v) is 3.93.